The summed E-state index contributed by atoms with van der Waals surface area (Å²) in [5.74, 6) is -0.779. The molecule has 0 fully saturated rings. The number of aliphatic hydroxyl groups excluding tert-OH is 1. The lowest BCUT2D eigenvalue weighted by molar-refractivity contribution is 0.0930. The average Bonchev–Trinajstić information content (AvgIpc) is 2.53. The van der Waals surface area contributed by atoms with Gasteiger partial charge in [0, 0.05) is 17.7 Å². The molecule has 0 bridgehead atoms. The third kappa shape index (κ3) is 4.34. The summed E-state index contributed by atoms with van der Waals surface area (Å²) in [7, 11) is 0. The second-order valence-electron chi connectivity index (χ2n) is 4.77. The van der Waals surface area contributed by atoms with E-state index in [9.17, 15) is 8.78 Å². The van der Waals surface area contributed by atoms with Crippen LogP contribution >= 0.6 is 0 Å². The zero-order valence-corrected chi connectivity index (χ0v) is 12.1. The van der Waals surface area contributed by atoms with Crippen molar-refractivity contribution >= 4 is 0 Å². The van der Waals surface area contributed by atoms with Crippen LogP contribution in [-0.2, 0) is 4.74 Å². The van der Waals surface area contributed by atoms with E-state index in [-0.39, 0.29) is 24.8 Å². The monoisotopic (exact) mass is 307 g/mol. The summed E-state index contributed by atoms with van der Waals surface area (Å²) >= 11 is 0. The SMILES string of the molecule is OCCOCCNC(c1ccccc1F)c1ccccc1F. The van der Waals surface area contributed by atoms with Crippen LogP contribution in [0.1, 0.15) is 17.2 Å². The highest BCUT2D eigenvalue weighted by Gasteiger charge is 2.19. The molecule has 2 aromatic rings. The highest BCUT2D eigenvalue weighted by Crippen LogP contribution is 2.26. The maximum atomic E-state index is 14.1. The molecule has 2 rings (SSSR count). The van der Waals surface area contributed by atoms with Gasteiger partial charge >= 0.3 is 0 Å². The first-order valence-electron chi connectivity index (χ1n) is 7.15. The molecular weight excluding hydrogens is 288 g/mol. The Bertz CT molecular complexity index is 547. The molecule has 0 aliphatic rings. The number of hydrogen-bond donors (Lipinski definition) is 2. The number of halogens is 2. The molecule has 3 nitrogen and oxygen atoms in total. The first-order chi connectivity index (χ1) is 10.7. The topological polar surface area (TPSA) is 41.5 Å². The van der Waals surface area contributed by atoms with E-state index in [1.54, 1.807) is 36.4 Å². The summed E-state index contributed by atoms with van der Waals surface area (Å²) in [6.45, 7) is 0.948. The number of benzene rings is 2. The van der Waals surface area contributed by atoms with Crippen molar-refractivity contribution in [3.05, 3.63) is 71.3 Å². The van der Waals surface area contributed by atoms with Crippen LogP contribution in [0.15, 0.2) is 48.5 Å². The van der Waals surface area contributed by atoms with Crippen molar-refractivity contribution in [2.75, 3.05) is 26.4 Å². The molecule has 0 amide bonds. The smallest absolute Gasteiger partial charge is 0.128 e. The van der Waals surface area contributed by atoms with Crippen LogP contribution in [0, 0.1) is 11.6 Å². The average molecular weight is 307 g/mol. The Labute approximate surface area is 128 Å². The van der Waals surface area contributed by atoms with Gasteiger partial charge in [0.1, 0.15) is 11.6 Å². The lowest BCUT2D eigenvalue weighted by Crippen LogP contribution is -2.28. The minimum Gasteiger partial charge on any atom is -0.394 e. The molecule has 0 unspecified atom stereocenters. The lowest BCUT2D eigenvalue weighted by atomic mass is 9.97. The predicted octanol–water partition coefficient (Wildman–Crippen LogP) is 2.65. The van der Waals surface area contributed by atoms with Gasteiger partial charge in [-0.05, 0) is 12.1 Å². The molecule has 0 aliphatic heterocycles. The van der Waals surface area contributed by atoms with Crippen molar-refractivity contribution < 1.29 is 18.6 Å². The van der Waals surface area contributed by atoms with Crippen LogP contribution < -0.4 is 5.32 Å². The van der Waals surface area contributed by atoms with E-state index in [1.165, 1.54) is 12.1 Å². The van der Waals surface area contributed by atoms with Crippen molar-refractivity contribution in [3.63, 3.8) is 0 Å². The van der Waals surface area contributed by atoms with Gasteiger partial charge in [-0.1, -0.05) is 36.4 Å². The summed E-state index contributed by atoms with van der Waals surface area (Å²) < 4.78 is 33.3. The molecule has 0 spiro atoms. The van der Waals surface area contributed by atoms with Crippen LogP contribution in [-0.4, -0.2) is 31.5 Å². The molecule has 118 valence electrons. The van der Waals surface area contributed by atoms with Crippen molar-refractivity contribution in [2.45, 2.75) is 6.04 Å². The second kappa shape index (κ2) is 8.58. The maximum absolute atomic E-state index is 14.1. The Balaban J connectivity index is 2.18. The highest BCUT2D eigenvalue weighted by atomic mass is 19.1. The van der Waals surface area contributed by atoms with Gasteiger partial charge in [-0.3, -0.25) is 0 Å². The van der Waals surface area contributed by atoms with Gasteiger partial charge in [0.15, 0.2) is 0 Å². The van der Waals surface area contributed by atoms with E-state index in [0.717, 1.165) is 0 Å². The quantitative estimate of drug-likeness (QED) is 0.737. The van der Waals surface area contributed by atoms with Crippen molar-refractivity contribution in [2.24, 2.45) is 0 Å². The fraction of sp³-hybridized carbons (Fsp3) is 0.294. The number of hydrogen-bond acceptors (Lipinski definition) is 3. The summed E-state index contributed by atoms with van der Waals surface area (Å²) in [5, 5.41) is 11.8. The van der Waals surface area contributed by atoms with Crippen LogP contribution in [0.2, 0.25) is 0 Å². The summed E-state index contributed by atoms with van der Waals surface area (Å²) in [4.78, 5) is 0. The van der Waals surface area contributed by atoms with Crippen LogP contribution in [0.25, 0.3) is 0 Å². The minimum absolute atomic E-state index is 0.0515. The molecule has 5 heteroatoms. The number of nitrogens with one attached hydrogen (secondary N) is 1. The third-order valence-corrected chi connectivity index (χ3v) is 3.26. The van der Waals surface area contributed by atoms with Crippen molar-refractivity contribution in [3.8, 4) is 0 Å². The van der Waals surface area contributed by atoms with Crippen LogP contribution in [0.3, 0.4) is 0 Å². The summed E-state index contributed by atoms with van der Waals surface area (Å²) in [5.41, 5.74) is 0.768. The van der Waals surface area contributed by atoms with E-state index >= 15 is 0 Å². The Morgan fingerprint density at radius 2 is 1.45 bits per heavy atom. The number of rotatable bonds is 8. The Hall–Kier alpha value is -1.82. The summed E-state index contributed by atoms with van der Waals surface area (Å²) in [6.07, 6.45) is 0. The standard InChI is InChI=1S/C17H19F2NO2/c18-15-7-3-1-5-13(15)17(20-9-11-22-12-10-21)14-6-2-4-8-16(14)19/h1-8,17,20-21H,9-12H2. The van der Waals surface area contributed by atoms with Gasteiger partial charge < -0.3 is 15.2 Å². The number of ether oxygens (including phenoxy) is 1. The number of aliphatic hydroxyl groups is 1. The van der Waals surface area contributed by atoms with Gasteiger partial charge in [-0.2, -0.15) is 0 Å². The second-order valence-corrected chi connectivity index (χ2v) is 4.77. The van der Waals surface area contributed by atoms with Crippen LogP contribution in [0.4, 0.5) is 8.78 Å². The van der Waals surface area contributed by atoms with Gasteiger partial charge in [-0.25, -0.2) is 8.78 Å². The molecule has 0 aromatic heterocycles. The highest BCUT2D eigenvalue weighted by molar-refractivity contribution is 5.33. The molecule has 0 radical (unpaired) electrons. The molecule has 0 saturated heterocycles. The summed E-state index contributed by atoms with van der Waals surface area (Å²) in [6, 6.07) is 12.0. The Kier molecular flexibility index (Phi) is 6.45. The fourth-order valence-corrected chi connectivity index (χ4v) is 2.25. The molecule has 0 saturated carbocycles. The molecule has 22 heavy (non-hydrogen) atoms. The van der Waals surface area contributed by atoms with E-state index in [1.807, 2.05) is 0 Å². The molecule has 0 heterocycles. The van der Waals surface area contributed by atoms with Gasteiger partial charge in [0.05, 0.1) is 25.9 Å². The van der Waals surface area contributed by atoms with Crippen molar-refractivity contribution in [1.29, 1.82) is 0 Å². The molecule has 0 atom stereocenters. The van der Waals surface area contributed by atoms with E-state index in [0.29, 0.717) is 24.3 Å². The molecule has 0 aliphatic carbocycles. The molecule has 2 aromatic carbocycles. The zero-order chi connectivity index (χ0) is 15.8. The van der Waals surface area contributed by atoms with Crippen LogP contribution in [0.5, 0.6) is 0 Å². The maximum Gasteiger partial charge on any atom is 0.128 e. The largest absolute Gasteiger partial charge is 0.394 e. The van der Waals surface area contributed by atoms with E-state index in [4.69, 9.17) is 9.84 Å². The predicted molar refractivity (Wildman–Crippen MR) is 80.6 cm³/mol. The Morgan fingerprint density at radius 1 is 0.909 bits per heavy atom. The lowest BCUT2D eigenvalue weighted by Gasteiger charge is -2.21. The normalized spacial score (nSPS) is 11.1. The molecular formula is C17H19F2NO2. The first kappa shape index (κ1) is 16.5. The van der Waals surface area contributed by atoms with Gasteiger partial charge in [0.2, 0.25) is 0 Å². The first-order valence-corrected chi connectivity index (χ1v) is 7.15. The zero-order valence-electron chi connectivity index (χ0n) is 12.1. The third-order valence-electron chi connectivity index (χ3n) is 3.26. The minimum atomic E-state index is -0.597. The van der Waals surface area contributed by atoms with Gasteiger partial charge in [0.25, 0.3) is 0 Å². The van der Waals surface area contributed by atoms with Crippen molar-refractivity contribution in [1.82, 2.24) is 5.32 Å². The molecule has 2 N–H and O–H groups in total. The van der Waals surface area contributed by atoms with Gasteiger partial charge in [-0.15, -0.1) is 0 Å². The fourth-order valence-electron chi connectivity index (χ4n) is 2.25. The van der Waals surface area contributed by atoms with E-state index < -0.39 is 6.04 Å². The van der Waals surface area contributed by atoms with E-state index in [2.05, 4.69) is 5.32 Å². The Morgan fingerprint density at radius 3 is 1.95 bits per heavy atom.